The second kappa shape index (κ2) is 12.4. The van der Waals surface area contributed by atoms with Crippen LogP contribution in [0.2, 0.25) is 0 Å². The van der Waals surface area contributed by atoms with E-state index in [0.29, 0.717) is 6.61 Å². The van der Waals surface area contributed by atoms with Crippen LogP contribution < -0.4 is 15.4 Å². The van der Waals surface area contributed by atoms with Crippen LogP contribution in [0.4, 0.5) is 0 Å². The molecule has 5 nitrogen and oxygen atoms in total. The lowest BCUT2D eigenvalue weighted by atomic mass is 10.3. The van der Waals surface area contributed by atoms with E-state index < -0.39 is 0 Å². The van der Waals surface area contributed by atoms with Gasteiger partial charge in [0.15, 0.2) is 5.96 Å². The standard InChI is InChI=1S/C17H27N3O2.HI/c1-18-17(20-11-13-21-14-15-8-9-15)19-10-5-12-22-16-6-3-2-4-7-16;/h2-4,6-7,15H,5,8-14H2,1H3,(H2,18,19,20);1H. The van der Waals surface area contributed by atoms with Crippen LogP contribution in [0.15, 0.2) is 35.3 Å². The Bertz CT molecular complexity index is 439. The van der Waals surface area contributed by atoms with Crippen LogP contribution in [0.5, 0.6) is 5.75 Å². The summed E-state index contributed by atoms with van der Waals surface area (Å²) in [4.78, 5) is 4.19. The number of aliphatic imine (C=N–C) groups is 1. The van der Waals surface area contributed by atoms with Crippen molar-refractivity contribution >= 4 is 29.9 Å². The zero-order valence-electron chi connectivity index (χ0n) is 13.8. The van der Waals surface area contributed by atoms with Gasteiger partial charge in [-0.2, -0.15) is 0 Å². The van der Waals surface area contributed by atoms with Gasteiger partial charge in [0.25, 0.3) is 0 Å². The normalized spacial score (nSPS) is 14.0. The van der Waals surface area contributed by atoms with Gasteiger partial charge in [0.05, 0.1) is 13.2 Å². The summed E-state index contributed by atoms with van der Waals surface area (Å²) in [5, 5.41) is 6.52. The quantitative estimate of drug-likeness (QED) is 0.258. The fraction of sp³-hybridized carbons (Fsp3) is 0.588. The van der Waals surface area contributed by atoms with Gasteiger partial charge in [-0.1, -0.05) is 18.2 Å². The largest absolute Gasteiger partial charge is 0.494 e. The fourth-order valence-corrected chi connectivity index (χ4v) is 1.98. The first-order valence-electron chi connectivity index (χ1n) is 8.08. The average Bonchev–Trinajstić information content (AvgIpc) is 3.37. The Hall–Kier alpha value is -1.02. The van der Waals surface area contributed by atoms with E-state index in [0.717, 1.165) is 50.4 Å². The van der Waals surface area contributed by atoms with Crippen molar-refractivity contribution in [1.82, 2.24) is 10.6 Å². The van der Waals surface area contributed by atoms with Gasteiger partial charge in [-0.15, -0.1) is 24.0 Å². The third-order valence-corrected chi connectivity index (χ3v) is 3.44. The minimum absolute atomic E-state index is 0. The summed E-state index contributed by atoms with van der Waals surface area (Å²) in [6.45, 7) is 3.94. The molecule has 0 bridgehead atoms. The van der Waals surface area contributed by atoms with E-state index in [1.54, 1.807) is 7.05 Å². The molecule has 23 heavy (non-hydrogen) atoms. The highest BCUT2D eigenvalue weighted by Gasteiger charge is 2.20. The number of halogens is 1. The van der Waals surface area contributed by atoms with Crippen molar-refractivity contribution in [3.63, 3.8) is 0 Å². The molecule has 0 amide bonds. The van der Waals surface area contributed by atoms with Gasteiger partial charge in [-0.25, -0.2) is 0 Å². The lowest BCUT2D eigenvalue weighted by Crippen LogP contribution is -2.39. The summed E-state index contributed by atoms with van der Waals surface area (Å²) in [6.07, 6.45) is 3.59. The maximum atomic E-state index is 5.64. The number of para-hydroxylation sites is 1. The van der Waals surface area contributed by atoms with E-state index in [2.05, 4.69) is 15.6 Å². The number of ether oxygens (including phenoxy) is 2. The van der Waals surface area contributed by atoms with Crippen LogP contribution in [0, 0.1) is 5.92 Å². The van der Waals surface area contributed by atoms with Crippen molar-refractivity contribution in [3.05, 3.63) is 30.3 Å². The molecule has 0 heterocycles. The van der Waals surface area contributed by atoms with E-state index in [4.69, 9.17) is 9.47 Å². The molecule has 1 aromatic rings. The second-order valence-electron chi connectivity index (χ2n) is 5.46. The topological polar surface area (TPSA) is 54.9 Å². The van der Waals surface area contributed by atoms with Crippen LogP contribution in [0.3, 0.4) is 0 Å². The second-order valence-corrected chi connectivity index (χ2v) is 5.46. The molecule has 0 spiro atoms. The van der Waals surface area contributed by atoms with Crippen LogP contribution in [0.25, 0.3) is 0 Å². The maximum absolute atomic E-state index is 5.64. The molecule has 1 fully saturated rings. The number of guanidine groups is 1. The lowest BCUT2D eigenvalue weighted by Gasteiger charge is -2.12. The van der Waals surface area contributed by atoms with Gasteiger partial charge in [-0.3, -0.25) is 4.99 Å². The first-order valence-corrected chi connectivity index (χ1v) is 8.08. The minimum atomic E-state index is 0. The lowest BCUT2D eigenvalue weighted by molar-refractivity contribution is 0.129. The first kappa shape index (κ1) is 20.0. The fourth-order valence-electron chi connectivity index (χ4n) is 1.98. The number of rotatable bonds is 10. The zero-order chi connectivity index (χ0) is 15.5. The van der Waals surface area contributed by atoms with Gasteiger partial charge in [0, 0.05) is 26.7 Å². The molecule has 1 aliphatic rings. The smallest absolute Gasteiger partial charge is 0.191 e. The zero-order valence-corrected chi connectivity index (χ0v) is 16.1. The predicted octanol–water partition coefficient (Wildman–Crippen LogP) is 2.67. The number of hydrogen-bond donors (Lipinski definition) is 2. The van der Waals surface area contributed by atoms with Crippen LogP contribution in [0.1, 0.15) is 19.3 Å². The van der Waals surface area contributed by atoms with E-state index >= 15 is 0 Å². The summed E-state index contributed by atoms with van der Waals surface area (Å²) >= 11 is 0. The summed E-state index contributed by atoms with van der Waals surface area (Å²) < 4.78 is 11.2. The maximum Gasteiger partial charge on any atom is 0.191 e. The van der Waals surface area contributed by atoms with Gasteiger partial charge in [0.1, 0.15) is 5.75 Å². The highest BCUT2D eigenvalue weighted by molar-refractivity contribution is 14.0. The highest BCUT2D eigenvalue weighted by Crippen LogP contribution is 2.28. The molecule has 0 atom stereocenters. The molecule has 2 N–H and O–H groups in total. The van der Waals surface area contributed by atoms with Crippen molar-refractivity contribution in [2.75, 3.05) is 40.0 Å². The molecule has 0 aliphatic heterocycles. The van der Waals surface area contributed by atoms with Crippen molar-refractivity contribution in [2.24, 2.45) is 10.9 Å². The van der Waals surface area contributed by atoms with E-state index in [9.17, 15) is 0 Å². The van der Waals surface area contributed by atoms with Gasteiger partial charge in [0.2, 0.25) is 0 Å². The molecule has 6 heteroatoms. The summed E-state index contributed by atoms with van der Waals surface area (Å²) in [5.74, 6) is 2.55. The van der Waals surface area contributed by atoms with Crippen molar-refractivity contribution in [2.45, 2.75) is 19.3 Å². The molecule has 0 unspecified atom stereocenters. The summed E-state index contributed by atoms with van der Waals surface area (Å²) in [5.41, 5.74) is 0. The number of nitrogens with one attached hydrogen (secondary N) is 2. The molecule has 1 aliphatic carbocycles. The SMILES string of the molecule is CN=C(NCCCOc1ccccc1)NCCOCC1CC1.I. The third-order valence-electron chi connectivity index (χ3n) is 3.44. The molecule has 0 saturated heterocycles. The molecular weight excluding hydrogens is 405 g/mol. The highest BCUT2D eigenvalue weighted by atomic mass is 127. The molecule has 2 rings (SSSR count). The Balaban J connectivity index is 0.00000264. The average molecular weight is 433 g/mol. The third kappa shape index (κ3) is 9.65. The molecule has 0 aromatic heterocycles. The molecule has 1 saturated carbocycles. The Labute approximate surface area is 156 Å². The van der Waals surface area contributed by atoms with Gasteiger partial charge in [-0.05, 0) is 37.3 Å². The Morgan fingerprint density at radius 3 is 2.57 bits per heavy atom. The molecule has 1 aromatic carbocycles. The van der Waals surface area contributed by atoms with Gasteiger partial charge < -0.3 is 20.1 Å². The van der Waals surface area contributed by atoms with E-state index in [1.165, 1.54) is 12.8 Å². The van der Waals surface area contributed by atoms with E-state index in [1.807, 2.05) is 30.3 Å². The first-order chi connectivity index (χ1) is 10.9. The Morgan fingerprint density at radius 2 is 1.87 bits per heavy atom. The van der Waals surface area contributed by atoms with Crippen LogP contribution in [-0.4, -0.2) is 45.9 Å². The van der Waals surface area contributed by atoms with E-state index in [-0.39, 0.29) is 24.0 Å². The van der Waals surface area contributed by atoms with Crippen LogP contribution >= 0.6 is 24.0 Å². The van der Waals surface area contributed by atoms with Gasteiger partial charge >= 0.3 is 0 Å². The molecule has 130 valence electrons. The number of nitrogens with zero attached hydrogens (tertiary/aromatic N) is 1. The van der Waals surface area contributed by atoms with Crippen molar-refractivity contribution < 1.29 is 9.47 Å². The monoisotopic (exact) mass is 433 g/mol. The van der Waals surface area contributed by atoms with Crippen LogP contribution in [-0.2, 0) is 4.74 Å². The summed E-state index contributed by atoms with van der Waals surface area (Å²) in [6, 6.07) is 9.87. The number of hydrogen-bond acceptors (Lipinski definition) is 3. The molecule has 0 radical (unpaired) electrons. The number of benzene rings is 1. The predicted molar refractivity (Wildman–Crippen MR) is 105 cm³/mol. The van der Waals surface area contributed by atoms with Crippen molar-refractivity contribution in [1.29, 1.82) is 0 Å². The van der Waals surface area contributed by atoms with Crippen molar-refractivity contribution in [3.8, 4) is 5.75 Å². The minimum Gasteiger partial charge on any atom is -0.494 e. The summed E-state index contributed by atoms with van der Waals surface area (Å²) in [7, 11) is 1.78. The Kier molecular flexibility index (Phi) is 10.8. The molecular formula is C17H28IN3O2. The Morgan fingerprint density at radius 1 is 1.13 bits per heavy atom.